The van der Waals surface area contributed by atoms with E-state index in [0.717, 1.165) is 33.7 Å². The molecule has 0 N–H and O–H groups in total. The minimum Gasteiger partial charge on any atom is -0.489 e. The molecule has 0 fully saturated rings. The fourth-order valence-corrected chi connectivity index (χ4v) is 4.24. The highest BCUT2D eigenvalue weighted by Crippen LogP contribution is 2.37. The Morgan fingerprint density at radius 2 is 1.47 bits per heavy atom. The predicted octanol–water partition coefficient (Wildman–Crippen LogP) is 7.45. The van der Waals surface area contributed by atoms with E-state index in [-0.39, 0.29) is 5.91 Å². The first-order chi connectivity index (χ1) is 18.5. The molecule has 38 heavy (non-hydrogen) atoms. The molecule has 0 saturated heterocycles. The van der Waals surface area contributed by atoms with Crippen LogP contribution in [0.5, 0.6) is 5.75 Å². The van der Waals surface area contributed by atoms with Crippen molar-refractivity contribution in [3.05, 3.63) is 89.9 Å². The minimum absolute atomic E-state index is 0.0146. The highest BCUT2D eigenvalue weighted by molar-refractivity contribution is 6.03. The number of pyridine rings is 1. The number of fused-ring (bicyclic) bond motifs is 1. The number of benzene rings is 2. The highest BCUT2D eigenvalue weighted by atomic mass is 16.5. The van der Waals surface area contributed by atoms with Gasteiger partial charge < -0.3 is 9.64 Å². The van der Waals surface area contributed by atoms with Crippen LogP contribution < -0.4 is 4.74 Å². The molecule has 0 saturated carbocycles. The summed E-state index contributed by atoms with van der Waals surface area (Å²) >= 11 is 0. The maximum absolute atomic E-state index is 13.1. The molecule has 4 aromatic rings. The summed E-state index contributed by atoms with van der Waals surface area (Å²) < 4.78 is 7.86. The second-order valence-corrected chi connectivity index (χ2v) is 8.97. The fraction of sp³-hybridized carbons (Fsp3) is 0.344. The summed E-state index contributed by atoms with van der Waals surface area (Å²) in [4.78, 5) is 19.0. The number of aromatic nitrogens is 3. The van der Waals surface area contributed by atoms with E-state index in [9.17, 15) is 4.79 Å². The third kappa shape index (κ3) is 6.31. The summed E-state index contributed by atoms with van der Waals surface area (Å²) in [5.74, 6) is 1.28. The van der Waals surface area contributed by atoms with Gasteiger partial charge in [0.2, 0.25) is 0 Å². The first-order valence-electron chi connectivity index (χ1n) is 13.6. The lowest BCUT2D eigenvalue weighted by Gasteiger charge is -2.24. The van der Waals surface area contributed by atoms with Crippen LogP contribution in [0.25, 0.3) is 22.4 Å². The van der Waals surface area contributed by atoms with Crippen LogP contribution in [0.1, 0.15) is 69.1 Å². The predicted molar refractivity (Wildman–Crippen MR) is 155 cm³/mol. The third-order valence-electron chi connectivity index (χ3n) is 6.30. The normalized spacial score (nSPS) is 12.2. The van der Waals surface area contributed by atoms with E-state index in [1.165, 1.54) is 5.56 Å². The Labute approximate surface area is 227 Å². The first-order valence-corrected chi connectivity index (χ1v) is 13.6. The quantitative estimate of drug-likeness (QED) is 0.269. The molecule has 1 aliphatic rings. The van der Waals surface area contributed by atoms with Gasteiger partial charge in [-0.3, -0.25) is 14.5 Å². The molecule has 1 amide bonds. The number of carbonyl (C=O) groups is 1. The van der Waals surface area contributed by atoms with Crippen LogP contribution in [0.3, 0.4) is 0 Å². The molecule has 0 aliphatic carbocycles. The average Bonchev–Trinajstić information content (AvgIpc) is 3.37. The van der Waals surface area contributed by atoms with Gasteiger partial charge in [-0.25, -0.2) is 0 Å². The van der Waals surface area contributed by atoms with Gasteiger partial charge in [-0.2, -0.15) is 5.10 Å². The van der Waals surface area contributed by atoms with Crippen LogP contribution in [-0.2, 0) is 13.2 Å². The molecule has 0 unspecified atom stereocenters. The summed E-state index contributed by atoms with van der Waals surface area (Å²) in [5.41, 5.74) is 6.59. The summed E-state index contributed by atoms with van der Waals surface area (Å²) in [5, 5.41) is 4.81. The fourth-order valence-electron chi connectivity index (χ4n) is 4.24. The Morgan fingerprint density at radius 1 is 0.842 bits per heavy atom. The zero-order chi connectivity index (χ0) is 27.7. The Hall–Kier alpha value is -3.93. The van der Waals surface area contributed by atoms with Crippen molar-refractivity contribution in [3.63, 3.8) is 0 Å². The monoisotopic (exact) mass is 512 g/mol. The van der Waals surface area contributed by atoms with Crippen LogP contribution in [0, 0.1) is 0 Å². The molecule has 3 heterocycles. The van der Waals surface area contributed by atoms with Crippen molar-refractivity contribution >= 4 is 5.91 Å². The van der Waals surface area contributed by atoms with Gasteiger partial charge in [0.1, 0.15) is 23.7 Å². The van der Waals surface area contributed by atoms with Gasteiger partial charge in [0.25, 0.3) is 5.91 Å². The molecule has 0 radical (unpaired) electrons. The molecule has 0 spiro atoms. The largest absolute Gasteiger partial charge is 0.489 e. The Morgan fingerprint density at radius 3 is 2.08 bits per heavy atom. The topological polar surface area (TPSA) is 60.3 Å². The highest BCUT2D eigenvalue weighted by Gasteiger charge is 2.30. The van der Waals surface area contributed by atoms with Gasteiger partial charge in [-0.1, -0.05) is 77.9 Å². The molecule has 2 aromatic heterocycles. The Balaban J connectivity index is 0.000000956. The number of hydrogen-bond acceptors (Lipinski definition) is 4. The molecule has 5 rings (SSSR count). The summed E-state index contributed by atoms with van der Waals surface area (Å²) in [6.45, 7) is 14.2. The first kappa shape index (κ1) is 28.6. The van der Waals surface area contributed by atoms with Gasteiger partial charge in [-0.15, -0.1) is 0 Å². The number of hydrogen-bond donors (Lipinski definition) is 0. The van der Waals surface area contributed by atoms with Crippen molar-refractivity contribution in [2.45, 2.75) is 60.6 Å². The maximum atomic E-state index is 13.1. The second-order valence-electron chi connectivity index (χ2n) is 8.97. The number of carbonyl (C=O) groups excluding carboxylic acids is 1. The van der Waals surface area contributed by atoms with Gasteiger partial charge >= 0.3 is 0 Å². The molecule has 6 nitrogen and oxygen atoms in total. The standard InChI is InChI=1S/C28H28N4O2.2C2H6/c1-19(2)21-6-4-20(5-7-21)18-34-24-10-8-22(9-11-24)25-26(23-12-14-29-15-13-23)30-32-17-16-31(3)28(33)27(25)32;2*1-2/h4-15,19H,16-18H2,1-3H3;2*1-2H3. The van der Waals surface area contributed by atoms with E-state index < -0.39 is 0 Å². The SMILES string of the molecule is CC.CC.CC(C)c1ccc(COc2ccc(-c3c(-c4ccncc4)nn4c3C(=O)N(C)CC4)cc2)cc1. The lowest BCUT2D eigenvalue weighted by molar-refractivity contribution is 0.0744. The smallest absolute Gasteiger partial charge is 0.272 e. The molecule has 6 heteroatoms. The van der Waals surface area contributed by atoms with Crippen molar-refractivity contribution < 1.29 is 9.53 Å². The van der Waals surface area contributed by atoms with Crippen LogP contribution >= 0.6 is 0 Å². The van der Waals surface area contributed by atoms with E-state index >= 15 is 0 Å². The van der Waals surface area contributed by atoms with Crippen molar-refractivity contribution in [3.8, 4) is 28.1 Å². The van der Waals surface area contributed by atoms with Gasteiger partial charge in [-0.05, 0) is 46.9 Å². The van der Waals surface area contributed by atoms with E-state index in [4.69, 9.17) is 9.84 Å². The number of nitrogens with zero attached hydrogens (tertiary/aromatic N) is 4. The molecule has 0 bridgehead atoms. The number of rotatable bonds is 6. The number of likely N-dealkylation sites (N-methyl/N-ethyl adjacent to an activating group) is 1. The lowest BCUT2D eigenvalue weighted by atomic mass is 9.98. The van der Waals surface area contributed by atoms with Crippen LogP contribution in [0.15, 0.2) is 73.1 Å². The van der Waals surface area contributed by atoms with Gasteiger partial charge in [0.05, 0.1) is 6.54 Å². The summed E-state index contributed by atoms with van der Waals surface area (Å²) in [7, 11) is 1.83. The van der Waals surface area contributed by atoms with Crippen LogP contribution in [-0.4, -0.2) is 39.2 Å². The Bertz CT molecular complexity index is 1290. The van der Waals surface area contributed by atoms with E-state index in [1.807, 2.05) is 75.8 Å². The van der Waals surface area contributed by atoms with E-state index in [2.05, 4.69) is 43.1 Å². The molecular formula is C32H40N4O2. The zero-order valence-electron chi connectivity index (χ0n) is 23.7. The maximum Gasteiger partial charge on any atom is 0.272 e. The summed E-state index contributed by atoms with van der Waals surface area (Å²) in [6.07, 6.45) is 3.49. The lowest BCUT2D eigenvalue weighted by Crippen LogP contribution is -2.37. The number of ether oxygens (including phenoxy) is 1. The van der Waals surface area contributed by atoms with Crippen molar-refractivity contribution in [2.24, 2.45) is 0 Å². The Kier molecular flexibility index (Phi) is 10.2. The van der Waals surface area contributed by atoms with Gasteiger partial charge in [0, 0.05) is 37.1 Å². The van der Waals surface area contributed by atoms with Crippen LogP contribution in [0.2, 0.25) is 0 Å². The molecule has 200 valence electrons. The van der Waals surface area contributed by atoms with Crippen molar-refractivity contribution in [1.82, 2.24) is 19.7 Å². The average molecular weight is 513 g/mol. The third-order valence-corrected chi connectivity index (χ3v) is 6.30. The number of amides is 1. The van der Waals surface area contributed by atoms with E-state index in [0.29, 0.717) is 31.3 Å². The zero-order valence-corrected chi connectivity index (χ0v) is 23.7. The molecule has 0 atom stereocenters. The summed E-state index contributed by atoms with van der Waals surface area (Å²) in [6, 6.07) is 20.3. The molecule has 1 aliphatic heterocycles. The minimum atomic E-state index is -0.0146. The van der Waals surface area contributed by atoms with Crippen molar-refractivity contribution in [2.75, 3.05) is 13.6 Å². The van der Waals surface area contributed by atoms with E-state index in [1.54, 1.807) is 17.3 Å². The van der Waals surface area contributed by atoms with Crippen molar-refractivity contribution in [1.29, 1.82) is 0 Å². The van der Waals surface area contributed by atoms with Gasteiger partial charge in [0.15, 0.2) is 0 Å². The van der Waals surface area contributed by atoms with Crippen LogP contribution in [0.4, 0.5) is 0 Å². The second kappa shape index (κ2) is 13.6. The molecule has 2 aromatic carbocycles. The molecular weight excluding hydrogens is 472 g/mol.